The summed E-state index contributed by atoms with van der Waals surface area (Å²) >= 11 is 5.96. The van der Waals surface area contributed by atoms with Crippen molar-refractivity contribution >= 4 is 29.1 Å². The molecular weight excluding hydrogens is 369 g/mol. The minimum atomic E-state index is -0.769. The maximum atomic E-state index is 13.1. The number of rotatable bonds is 5. The number of hydrogen-bond acceptors (Lipinski definition) is 6. The number of aromatic nitrogens is 5. The van der Waals surface area contributed by atoms with Gasteiger partial charge in [0.15, 0.2) is 0 Å². The quantitative estimate of drug-likeness (QED) is 0.534. The molecule has 1 amide bonds. The third-order valence-electron chi connectivity index (χ3n) is 3.44. The van der Waals surface area contributed by atoms with Gasteiger partial charge in [-0.3, -0.25) is 24.9 Å². The van der Waals surface area contributed by atoms with Crippen molar-refractivity contribution in [2.75, 3.05) is 5.32 Å². The molecule has 0 unspecified atom stereocenters. The van der Waals surface area contributed by atoms with E-state index >= 15 is 0 Å². The summed E-state index contributed by atoms with van der Waals surface area (Å²) in [7, 11) is 1.41. The van der Waals surface area contributed by atoms with Crippen LogP contribution in [0.1, 0.15) is 16.1 Å². The van der Waals surface area contributed by atoms with Gasteiger partial charge in [0, 0.05) is 12.1 Å². The number of aryl methyl sites for hydroxylation is 1. The molecule has 134 valence electrons. The summed E-state index contributed by atoms with van der Waals surface area (Å²) < 4.78 is 15.5. The number of hydrogen-bond donors (Lipinski definition) is 1. The van der Waals surface area contributed by atoms with Gasteiger partial charge < -0.3 is 0 Å². The summed E-state index contributed by atoms with van der Waals surface area (Å²) in [5.41, 5.74) is -0.0476. The van der Waals surface area contributed by atoms with E-state index in [4.69, 9.17) is 11.6 Å². The van der Waals surface area contributed by atoms with E-state index in [0.717, 1.165) is 10.9 Å². The van der Waals surface area contributed by atoms with Gasteiger partial charge in [0.05, 0.1) is 11.5 Å². The first-order chi connectivity index (χ1) is 12.3. The molecule has 1 N–H and O–H groups in total. The van der Waals surface area contributed by atoms with Crippen LogP contribution in [0.3, 0.4) is 0 Å². The number of carbonyl (C=O) groups is 1. The van der Waals surface area contributed by atoms with Crippen LogP contribution in [0.25, 0.3) is 0 Å². The number of halogens is 2. The van der Waals surface area contributed by atoms with Crippen LogP contribution >= 0.6 is 11.6 Å². The zero-order chi connectivity index (χ0) is 18.8. The molecule has 0 aliphatic heterocycles. The largest absolute Gasteiger partial charge is 0.320 e. The highest BCUT2D eigenvalue weighted by Gasteiger charge is 2.26. The smallest absolute Gasteiger partial charge is 0.288 e. The van der Waals surface area contributed by atoms with Gasteiger partial charge in [-0.05, 0) is 17.7 Å². The Morgan fingerprint density at radius 1 is 1.46 bits per heavy atom. The Bertz CT molecular complexity index is 1000. The number of nitro groups is 1. The molecule has 0 radical (unpaired) electrons. The van der Waals surface area contributed by atoms with Crippen molar-refractivity contribution in [2.45, 2.75) is 6.54 Å². The Kier molecular flexibility index (Phi) is 4.63. The van der Waals surface area contributed by atoms with Crippen molar-refractivity contribution in [1.82, 2.24) is 24.5 Å². The predicted octanol–water partition coefficient (Wildman–Crippen LogP) is 2.01. The number of anilines is 1. The summed E-state index contributed by atoms with van der Waals surface area (Å²) in [5.74, 6) is -1.28. The summed E-state index contributed by atoms with van der Waals surface area (Å²) in [6, 6.07) is 3.96. The molecule has 0 saturated heterocycles. The number of amides is 1. The molecule has 10 nitrogen and oxygen atoms in total. The molecule has 0 atom stereocenters. The lowest BCUT2D eigenvalue weighted by Gasteiger charge is -2.04. The van der Waals surface area contributed by atoms with Crippen molar-refractivity contribution < 1.29 is 14.1 Å². The highest BCUT2D eigenvalue weighted by Crippen LogP contribution is 2.19. The van der Waals surface area contributed by atoms with Crippen LogP contribution in [0.5, 0.6) is 0 Å². The molecule has 0 bridgehead atoms. The van der Waals surface area contributed by atoms with Gasteiger partial charge in [0.1, 0.15) is 18.3 Å². The molecular formula is C14H11ClFN7O3. The second kappa shape index (κ2) is 6.88. The lowest BCUT2D eigenvalue weighted by Crippen LogP contribution is -2.18. The minimum Gasteiger partial charge on any atom is -0.288 e. The zero-order valence-corrected chi connectivity index (χ0v) is 14.0. The van der Waals surface area contributed by atoms with Crippen molar-refractivity contribution in [3.8, 4) is 0 Å². The second-order valence-corrected chi connectivity index (χ2v) is 5.62. The minimum absolute atomic E-state index is 0.0521. The molecule has 0 aliphatic carbocycles. The summed E-state index contributed by atoms with van der Waals surface area (Å²) in [6.45, 7) is 0.202. The van der Waals surface area contributed by atoms with Gasteiger partial charge in [0.25, 0.3) is 5.91 Å². The fraction of sp³-hybridized carbons (Fsp3) is 0.143. The maximum Gasteiger partial charge on any atom is 0.320 e. The monoisotopic (exact) mass is 379 g/mol. The first-order valence-corrected chi connectivity index (χ1v) is 7.54. The highest BCUT2D eigenvalue weighted by atomic mass is 35.5. The predicted molar refractivity (Wildman–Crippen MR) is 88.3 cm³/mol. The molecule has 3 aromatic rings. The maximum absolute atomic E-state index is 13.1. The fourth-order valence-corrected chi connectivity index (χ4v) is 2.46. The number of benzene rings is 1. The van der Waals surface area contributed by atoms with Gasteiger partial charge in [0.2, 0.25) is 11.6 Å². The topological polar surface area (TPSA) is 121 Å². The normalized spacial score (nSPS) is 10.7. The highest BCUT2D eigenvalue weighted by molar-refractivity contribution is 6.31. The second-order valence-electron chi connectivity index (χ2n) is 5.21. The molecule has 0 spiro atoms. The van der Waals surface area contributed by atoms with Gasteiger partial charge in [-0.1, -0.05) is 17.7 Å². The molecule has 2 aromatic heterocycles. The molecule has 2 heterocycles. The average molecular weight is 380 g/mol. The van der Waals surface area contributed by atoms with Crippen LogP contribution in [0.15, 0.2) is 30.7 Å². The van der Waals surface area contributed by atoms with Gasteiger partial charge in [-0.15, -0.1) is 5.10 Å². The summed E-state index contributed by atoms with van der Waals surface area (Å²) in [4.78, 5) is 26.4. The van der Waals surface area contributed by atoms with E-state index in [0.29, 0.717) is 5.56 Å². The Hall–Kier alpha value is -3.34. The van der Waals surface area contributed by atoms with Crippen LogP contribution < -0.4 is 5.32 Å². The Morgan fingerprint density at radius 2 is 2.23 bits per heavy atom. The lowest BCUT2D eigenvalue weighted by atomic mass is 10.2. The van der Waals surface area contributed by atoms with E-state index < -0.39 is 22.3 Å². The fourth-order valence-electron chi connectivity index (χ4n) is 2.24. The van der Waals surface area contributed by atoms with Gasteiger partial charge >= 0.3 is 5.69 Å². The Morgan fingerprint density at radius 3 is 2.92 bits per heavy atom. The van der Waals surface area contributed by atoms with E-state index in [-0.39, 0.29) is 23.2 Å². The Balaban J connectivity index is 1.75. The number of nitrogens with zero attached hydrogens (tertiary/aromatic N) is 6. The average Bonchev–Trinajstić information content (AvgIpc) is 3.16. The van der Waals surface area contributed by atoms with E-state index in [1.807, 2.05) is 0 Å². The standard InChI is InChI=1S/C14H11ClFN7O3/c1-21-12(11(5-18-21)23(25)26)13(24)19-14-17-7-22(20-14)6-8-2-3-9(16)4-10(8)15/h2-5,7H,6H2,1H3,(H,19,20,24). The van der Waals surface area contributed by atoms with Crippen LogP contribution in [-0.2, 0) is 13.6 Å². The van der Waals surface area contributed by atoms with Crippen LogP contribution in [0.4, 0.5) is 16.0 Å². The van der Waals surface area contributed by atoms with Crippen molar-refractivity contribution in [2.24, 2.45) is 7.05 Å². The first kappa shape index (κ1) is 17.5. The van der Waals surface area contributed by atoms with Crippen LogP contribution in [-0.4, -0.2) is 35.4 Å². The van der Waals surface area contributed by atoms with E-state index in [1.54, 1.807) is 0 Å². The Labute approximate surface area is 150 Å². The summed E-state index contributed by atoms with van der Waals surface area (Å²) in [6.07, 6.45) is 2.32. The van der Waals surface area contributed by atoms with E-state index in [9.17, 15) is 19.3 Å². The van der Waals surface area contributed by atoms with Crippen LogP contribution in [0, 0.1) is 15.9 Å². The third kappa shape index (κ3) is 3.52. The number of nitrogens with one attached hydrogen (secondary N) is 1. The van der Waals surface area contributed by atoms with E-state index in [2.05, 4.69) is 20.5 Å². The molecule has 3 rings (SSSR count). The van der Waals surface area contributed by atoms with Crippen molar-refractivity contribution in [3.05, 3.63) is 62.9 Å². The van der Waals surface area contributed by atoms with Gasteiger partial charge in [-0.25, -0.2) is 14.1 Å². The van der Waals surface area contributed by atoms with Crippen molar-refractivity contribution in [3.63, 3.8) is 0 Å². The van der Waals surface area contributed by atoms with Crippen LogP contribution in [0.2, 0.25) is 5.02 Å². The molecule has 0 saturated carbocycles. The molecule has 12 heteroatoms. The SMILES string of the molecule is Cn1ncc([N+](=O)[O-])c1C(=O)Nc1ncn(Cc2ccc(F)cc2Cl)n1. The molecule has 1 aromatic carbocycles. The molecule has 0 fully saturated rings. The lowest BCUT2D eigenvalue weighted by molar-refractivity contribution is -0.385. The third-order valence-corrected chi connectivity index (χ3v) is 3.79. The summed E-state index contributed by atoms with van der Waals surface area (Å²) in [5, 5.41) is 21.3. The zero-order valence-electron chi connectivity index (χ0n) is 13.3. The molecule has 26 heavy (non-hydrogen) atoms. The number of carbonyl (C=O) groups excluding carboxylic acids is 1. The van der Waals surface area contributed by atoms with Gasteiger partial charge in [-0.2, -0.15) is 5.10 Å². The molecule has 0 aliphatic rings. The van der Waals surface area contributed by atoms with Crippen molar-refractivity contribution in [1.29, 1.82) is 0 Å². The van der Waals surface area contributed by atoms with E-state index in [1.165, 1.54) is 36.3 Å². The first-order valence-electron chi connectivity index (χ1n) is 7.16.